The molecule has 0 atom stereocenters. The van der Waals surface area contributed by atoms with Crippen LogP contribution in [0.5, 0.6) is 0 Å². The van der Waals surface area contributed by atoms with E-state index in [-0.39, 0.29) is 5.78 Å². The molecule has 19 heavy (non-hydrogen) atoms. The molecule has 0 radical (unpaired) electrons. The molecule has 0 unspecified atom stereocenters. The number of carbonyl (C=O) groups excluding carboxylic acids is 1. The lowest BCUT2D eigenvalue weighted by Crippen LogP contribution is -2.05. The van der Waals surface area contributed by atoms with Gasteiger partial charge in [0.25, 0.3) is 0 Å². The van der Waals surface area contributed by atoms with Gasteiger partial charge in [0.1, 0.15) is 0 Å². The van der Waals surface area contributed by atoms with Gasteiger partial charge >= 0.3 is 0 Å². The molecule has 0 N–H and O–H groups in total. The number of ketones is 1. The molecule has 0 spiro atoms. The zero-order valence-electron chi connectivity index (χ0n) is 10.6. The van der Waals surface area contributed by atoms with Gasteiger partial charge in [-0.3, -0.25) is 9.78 Å². The van der Waals surface area contributed by atoms with Crippen molar-refractivity contribution in [3.05, 3.63) is 64.8 Å². The van der Waals surface area contributed by atoms with Gasteiger partial charge in [-0.1, -0.05) is 18.2 Å². The number of pyridine rings is 1. The number of aromatic nitrogens is 1. The van der Waals surface area contributed by atoms with E-state index in [4.69, 9.17) is 0 Å². The van der Waals surface area contributed by atoms with E-state index < -0.39 is 0 Å². The van der Waals surface area contributed by atoms with E-state index in [1.54, 1.807) is 29.8 Å². The van der Waals surface area contributed by atoms with Gasteiger partial charge in [0.05, 0.1) is 0 Å². The van der Waals surface area contributed by atoms with Crippen molar-refractivity contribution < 1.29 is 4.79 Å². The van der Waals surface area contributed by atoms with Crippen LogP contribution in [0.1, 0.15) is 21.5 Å². The van der Waals surface area contributed by atoms with Gasteiger partial charge in [-0.05, 0) is 40.9 Å². The largest absolute Gasteiger partial charge is 0.294 e. The number of hydrogen-bond donors (Lipinski definition) is 0. The summed E-state index contributed by atoms with van der Waals surface area (Å²) in [5.41, 5.74) is 2.82. The highest BCUT2D eigenvalue weighted by atomic mass is 32.1. The number of aryl methyl sites for hydroxylation is 1. The van der Waals surface area contributed by atoms with Crippen LogP contribution in [-0.4, -0.2) is 10.8 Å². The van der Waals surface area contributed by atoms with E-state index in [1.165, 1.54) is 10.1 Å². The summed E-state index contributed by atoms with van der Waals surface area (Å²) < 4.78 is 1.23. The molecule has 0 saturated carbocycles. The van der Waals surface area contributed by atoms with Crippen molar-refractivity contribution >= 4 is 27.2 Å². The van der Waals surface area contributed by atoms with E-state index in [0.29, 0.717) is 6.42 Å². The van der Waals surface area contributed by atoms with Crippen LogP contribution in [0.2, 0.25) is 0 Å². The molecule has 2 heterocycles. The zero-order chi connectivity index (χ0) is 13.2. The summed E-state index contributed by atoms with van der Waals surface area (Å²) in [7, 11) is 0. The summed E-state index contributed by atoms with van der Waals surface area (Å²) in [6.07, 6.45) is 3.86. The number of carbonyl (C=O) groups is 1. The first-order chi connectivity index (χ1) is 9.25. The van der Waals surface area contributed by atoms with E-state index in [1.807, 2.05) is 19.1 Å². The third-order valence-electron chi connectivity index (χ3n) is 3.23. The molecule has 1 aromatic carbocycles. The minimum Gasteiger partial charge on any atom is -0.294 e. The van der Waals surface area contributed by atoms with Crippen molar-refractivity contribution in [2.24, 2.45) is 0 Å². The first-order valence-electron chi connectivity index (χ1n) is 6.14. The van der Waals surface area contributed by atoms with Crippen LogP contribution in [0.15, 0.2) is 48.1 Å². The van der Waals surface area contributed by atoms with Crippen LogP contribution in [0.25, 0.3) is 10.1 Å². The highest BCUT2D eigenvalue weighted by Crippen LogP contribution is 2.26. The third-order valence-corrected chi connectivity index (χ3v) is 4.25. The van der Waals surface area contributed by atoms with Crippen molar-refractivity contribution in [2.75, 3.05) is 0 Å². The molecule has 0 bridgehead atoms. The lowest BCUT2D eigenvalue weighted by atomic mass is 10.0. The predicted octanol–water partition coefficient (Wildman–Crippen LogP) is 4.03. The summed E-state index contributed by atoms with van der Waals surface area (Å²) in [6.45, 7) is 1.92. The van der Waals surface area contributed by atoms with Crippen molar-refractivity contribution in [1.29, 1.82) is 0 Å². The van der Waals surface area contributed by atoms with Gasteiger partial charge in [-0.15, -0.1) is 11.3 Å². The second kappa shape index (κ2) is 4.94. The molecule has 3 heteroatoms. The molecule has 0 saturated heterocycles. The maximum absolute atomic E-state index is 12.4. The number of nitrogens with zero attached hydrogens (tertiary/aromatic N) is 1. The van der Waals surface area contributed by atoms with Gasteiger partial charge in [0.15, 0.2) is 5.78 Å². The monoisotopic (exact) mass is 267 g/mol. The predicted molar refractivity (Wildman–Crippen MR) is 78.8 cm³/mol. The standard InChI is InChI=1S/C16H13NOS/c1-11-9-17-7-6-13(11)15(18)8-12-10-19-16-5-3-2-4-14(12)16/h2-7,9-10H,8H2,1H3. The Morgan fingerprint density at radius 2 is 2.11 bits per heavy atom. The fraction of sp³-hybridized carbons (Fsp3) is 0.125. The molecule has 2 nitrogen and oxygen atoms in total. The summed E-state index contributed by atoms with van der Waals surface area (Å²) in [6, 6.07) is 10.0. The molecule has 3 aromatic rings. The fourth-order valence-corrected chi connectivity index (χ4v) is 3.19. The van der Waals surface area contributed by atoms with Crippen LogP contribution in [0.4, 0.5) is 0 Å². The SMILES string of the molecule is Cc1cnccc1C(=O)Cc1csc2ccccc12. The maximum atomic E-state index is 12.4. The number of fused-ring (bicyclic) bond motifs is 1. The Morgan fingerprint density at radius 1 is 1.26 bits per heavy atom. The van der Waals surface area contributed by atoms with Gasteiger partial charge in [-0.25, -0.2) is 0 Å². The molecule has 3 rings (SSSR count). The lowest BCUT2D eigenvalue weighted by Gasteiger charge is -2.03. The highest BCUT2D eigenvalue weighted by Gasteiger charge is 2.12. The smallest absolute Gasteiger partial charge is 0.167 e. The van der Waals surface area contributed by atoms with Crippen LogP contribution >= 0.6 is 11.3 Å². The molecule has 0 amide bonds. The fourth-order valence-electron chi connectivity index (χ4n) is 2.22. The lowest BCUT2D eigenvalue weighted by molar-refractivity contribution is 0.0992. The van der Waals surface area contributed by atoms with Crippen LogP contribution < -0.4 is 0 Å². The minimum absolute atomic E-state index is 0.156. The number of hydrogen-bond acceptors (Lipinski definition) is 3. The van der Waals surface area contributed by atoms with Crippen LogP contribution in [-0.2, 0) is 6.42 Å². The van der Waals surface area contributed by atoms with Gasteiger partial charge in [0.2, 0.25) is 0 Å². The minimum atomic E-state index is 0.156. The van der Waals surface area contributed by atoms with E-state index in [9.17, 15) is 4.79 Å². The normalized spacial score (nSPS) is 10.8. The second-order valence-corrected chi connectivity index (χ2v) is 5.46. The number of thiophene rings is 1. The quantitative estimate of drug-likeness (QED) is 0.671. The van der Waals surface area contributed by atoms with Crippen molar-refractivity contribution in [3.63, 3.8) is 0 Å². The Hall–Kier alpha value is -2.00. The van der Waals surface area contributed by atoms with Crippen molar-refractivity contribution in [2.45, 2.75) is 13.3 Å². The summed E-state index contributed by atoms with van der Waals surface area (Å²) in [5, 5.41) is 3.27. The average Bonchev–Trinajstić information content (AvgIpc) is 2.83. The Bertz CT molecular complexity index is 745. The van der Waals surface area contributed by atoms with Crippen LogP contribution in [0, 0.1) is 6.92 Å². The van der Waals surface area contributed by atoms with E-state index in [0.717, 1.165) is 16.7 Å². The molecule has 2 aromatic heterocycles. The number of Topliss-reactive ketones (excluding diaryl/α,β-unsaturated/α-hetero) is 1. The second-order valence-electron chi connectivity index (χ2n) is 4.55. The van der Waals surface area contributed by atoms with Gasteiger partial charge in [-0.2, -0.15) is 0 Å². The van der Waals surface area contributed by atoms with E-state index >= 15 is 0 Å². The first kappa shape index (κ1) is 12.1. The summed E-state index contributed by atoms with van der Waals surface area (Å²) >= 11 is 1.69. The molecule has 0 aliphatic rings. The molecule has 0 aliphatic heterocycles. The Balaban J connectivity index is 1.94. The van der Waals surface area contributed by atoms with Crippen molar-refractivity contribution in [3.8, 4) is 0 Å². The molecule has 0 fully saturated rings. The van der Waals surface area contributed by atoms with E-state index in [2.05, 4.69) is 22.5 Å². The van der Waals surface area contributed by atoms with Gasteiger partial charge in [0, 0.05) is 29.1 Å². The highest BCUT2D eigenvalue weighted by molar-refractivity contribution is 7.17. The Labute approximate surface area is 115 Å². The third kappa shape index (κ3) is 2.29. The summed E-state index contributed by atoms with van der Waals surface area (Å²) in [5.74, 6) is 0.156. The Morgan fingerprint density at radius 3 is 2.95 bits per heavy atom. The first-order valence-corrected chi connectivity index (χ1v) is 7.02. The molecular weight excluding hydrogens is 254 g/mol. The number of rotatable bonds is 3. The average molecular weight is 267 g/mol. The topological polar surface area (TPSA) is 30.0 Å². The van der Waals surface area contributed by atoms with Crippen molar-refractivity contribution in [1.82, 2.24) is 4.98 Å². The van der Waals surface area contributed by atoms with Crippen LogP contribution in [0.3, 0.4) is 0 Å². The molecule has 94 valence electrons. The molecular formula is C16H13NOS. The van der Waals surface area contributed by atoms with Gasteiger partial charge < -0.3 is 0 Å². The summed E-state index contributed by atoms with van der Waals surface area (Å²) in [4.78, 5) is 16.4. The number of benzene rings is 1. The maximum Gasteiger partial charge on any atom is 0.167 e. The zero-order valence-corrected chi connectivity index (χ0v) is 11.4. The Kier molecular flexibility index (Phi) is 3.13. The molecule has 0 aliphatic carbocycles.